The first kappa shape index (κ1) is 23.3. The molecule has 1 heterocycles. The van der Waals surface area contributed by atoms with Gasteiger partial charge in [-0.05, 0) is 41.7 Å². The maximum absolute atomic E-state index is 10.5. The zero-order valence-electron chi connectivity index (χ0n) is 19.4. The minimum absolute atomic E-state index is 0.423. The Bertz CT molecular complexity index is 973. The van der Waals surface area contributed by atoms with Gasteiger partial charge < -0.3 is 14.6 Å². The van der Waals surface area contributed by atoms with Gasteiger partial charge in [0.2, 0.25) is 0 Å². The lowest BCUT2D eigenvalue weighted by Gasteiger charge is -2.18. The molecule has 31 heavy (non-hydrogen) atoms. The largest absolute Gasteiger partial charge is 0.489 e. The lowest BCUT2D eigenvalue weighted by Crippen LogP contribution is -2.40. The summed E-state index contributed by atoms with van der Waals surface area (Å²) in [5.41, 5.74) is 5.02. The van der Waals surface area contributed by atoms with Crippen LogP contribution in [-0.2, 0) is 11.3 Å². The maximum Gasteiger partial charge on any atom is 0.198 e. The minimum atomic E-state index is -1.73. The topological polar surface area (TPSA) is 67.4 Å². The van der Waals surface area contributed by atoms with Gasteiger partial charge in [0.05, 0.1) is 11.0 Å². The summed E-state index contributed by atoms with van der Waals surface area (Å²) in [6.07, 6.45) is -1.03. The van der Waals surface area contributed by atoms with Crippen LogP contribution in [0, 0.1) is 0 Å². The van der Waals surface area contributed by atoms with Crippen LogP contribution in [-0.4, -0.2) is 30.0 Å². The number of nitrogens with zero attached hydrogens (tertiary/aromatic N) is 1. The predicted octanol–water partition coefficient (Wildman–Crippen LogP) is 5.35. The zero-order valence-corrected chi connectivity index (χ0v) is 20.4. The molecule has 1 unspecified atom stereocenters. The minimum Gasteiger partial charge on any atom is -0.489 e. The van der Waals surface area contributed by atoms with Crippen molar-refractivity contribution in [3.63, 3.8) is 0 Å². The number of aliphatic hydroxyl groups is 1. The Morgan fingerprint density at radius 2 is 1.65 bits per heavy atom. The standard InChI is InChI=1S/C25H34N2O3Si/c1-7-29-25(28)23-22(24(27-26-23)31(4,5)6)20-12-14-21(15-13-20)30-16-18-8-10-19(11-9-18)17(2)3/h8-15,17,25,28H,7,16H2,1-6H3,(H,26,27). The molecule has 0 spiro atoms. The van der Waals surface area contributed by atoms with Gasteiger partial charge in [-0.1, -0.05) is 69.9 Å². The third kappa shape index (κ3) is 5.64. The van der Waals surface area contributed by atoms with Gasteiger partial charge in [-0.25, -0.2) is 0 Å². The molecule has 2 N–H and O–H groups in total. The second kappa shape index (κ2) is 9.81. The third-order valence-electron chi connectivity index (χ3n) is 5.27. The second-order valence-electron chi connectivity index (χ2n) is 9.13. The highest BCUT2D eigenvalue weighted by Gasteiger charge is 2.29. The van der Waals surface area contributed by atoms with Gasteiger partial charge in [0.15, 0.2) is 6.29 Å². The Hall–Kier alpha value is -2.41. The molecule has 2 aromatic carbocycles. The van der Waals surface area contributed by atoms with E-state index >= 15 is 0 Å². The summed E-state index contributed by atoms with van der Waals surface area (Å²) in [5.74, 6) is 1.33. The Morgan fingerprint density at radius 3 is 2.19 bits per heavy atom. The van der Waals surface area contributed by atoms with Crippen molar-refractivity contribution in [2.45, 2.75) is 59.2 Å². The summed E-state index contributed by atoms with van der Waals surface area (Å²) < 4.78 is 11.4. The van der Waals surface area contributed by atoms with E-state index in [2.05, 4.69) is 68.0 Å². The van der Waals surface area contributed by atoms with E-state index in [9.17, 15) is 5.11 Å². The molecule has 1 atom stereocenters. The summed E-state index contributed by atoms with van der Waals surface area (Å²) in [6, 6.07) is 16.5. The molecule has 166 valence electrons. The quantitative estimate of drug-likeness (QED) is 0.349. The number of benzene rings is 2. The van der Waals surface area contributed by atoms with E-state index in [4.69, 9.17) is 9.47 Å². The van der Waals surface area contributed by atoms with Crippen molar-refractivity contribution >= 4 is 13.4 Å². The fourth-order valence-corrected chi connectivity index (χ4v) is 4.91. The lowest BCUT2D eigenvalue weighted by atomic mass is 10.0. The first-order valence-corrected chi connectivity index (χ1v) is 14.4. The summed E-state index contributed by atoms with van der Waals surface area (Å²) in [6.45, 7) is 13.9. The van der Waals surface area contributed by atoms with Gasteiger partial charge in [0.1, 0.15) is 20.4 Å². The molecule has 0 radical (unpaired) electrons. The highest BCUT2D eigenvalue weighted by atomic mass is 28.3. The average Bonchev–Trinajstić information content (AvgIpc) is 3.19. The molecule has 0 bridgehead atoms. The highest BCUT2D eigenvalue weighted by Crippen LogP contribution is 2.29. The molecule has 0 aliphatic carbocycles. The number of ether oxygens (including phenoxy) is 2. The van der Waals surface area contributed by atoms with Gasteiger partial charge in [-0.2, -0.15) is 5.10 Å². The van der Waals surface area contributed by atoms with Crippen molar-refractivity contribution in [3.8, 4) is 16.9 Å². The van der Waals surface area contributed by atoms with E-state index in [0.29, 0.717) is 24.8 Å². The number of hydrogen-bond donors (Lipinski definition) is 2. The van der Waals surface area contributed by atoms with Crippen molar-refractivity contribution in [2.24, 2.45) is 0 Å². The second-order valence-corrected chi connectivity index (χ2v) is 14.1. The van der Waals surface area contributed by atoms with Crippen LogP contribution in [0.3, 0.4) is 0 Å². The number of aliphatic hydroxyl groups excluding tert-OH is 1. The highest BCUT2D eigenvalue weighted by molar-refractivity contribution is 6.89. The number of aromatic nitrogens is 2. The predicted molar refractivity (Wildman–Crippen MR) is 128 cm³/mol. The molecule has 0 amide bonds. The van der Waals surface area contributed by atoms with Crippen molar-refractivity contribution in [1.29, 1.82) is 0 Å². The monoisotopic (exact) mass is 438 g/mol. The van der Waals surface area contributed by atoms with Crippen LogP contribution in [0.4, 0.5) is 0 Å². The van der Waals surface area contributed by atoms with Gasteiger partial charge >= 0.3 is 0 Å². The van der Waals surface area contributed by atoms with Crippen molar-refractivity contribution in [1.82, 2.24) is 10.2 Å². The van der Waals surface area contributed by atoms with E-state index < -0.39 is 14.4 Å². The summed E-state index contributed by atoms with van der Waals surface area (Å²) in [5, 5.41) is 19.1. The van der Waals surface area contributed by atoms with Crippen LogP contribution in [0.5, 0.6) is 5.75 Å². The fraction of sp³-hybridized carbons (Fsp3) is 0.400. The van der Waals surface area contributed by atoms with Crippen LogP contribution in [0.2, 0.25) is 19.6 Å². The molecule has 0 saturated carbocycles. The normalized spacial score (nSPS) is 12.9. The van der Waals surface area contributed by atoms with Crippen LogP contribution in [0.25, 0.3) is 11.1 Å². The fourth-order valence-electron chi connectivity index (χ4n) is 3.49. The summed E-state index contributed by atoms with van der Waals surface area (Å²) in [4.78, 5) is 0. The molecule has 6 heteroatoms. The Balaban J connectivity index is 1.80. The molecular weight excluding hydrogens is 404 g/mol. The Morgan fingerprint density at radius 1 is 1.00 bits per heavy atom. The van der Waals surface area contributed by atoms with E-state index in [-0.39, 0.29) is 0 Å². The molecule has 5 nitrogen and oxygen atoms in total. The maximum atomic E-state index is 10.5. The van der Waals surface area contributed by atoms with Crippen LogP contribution in [0.15, 0.2) is 48.5 Å². The smallest absolute Gasteiger partial charge is 0.198 e. The van der Waals surface area contributed by atoms with E-state index in [1.807, 2.05) is 31.2 Å². The number of aromatic amines is 1. The van der Waals surface area contributed by atoms with Gasteiger partial charge in [-0.15, -0.1) is 0 Å². The van der Waals surface area contributed by atoms with Crippen molar-refractivity contribution in [2.75, 3.05) is 6.61 Å². The molecule has 3 aromatic rings. The molecular formula is C25H34N2O3Si. The summed E-state index contributed by atoms with van der Waals surface area (Å²) in [7, 11) is -1.73. The van der Waals surface area contributed by atoms with Crippen LogP contribution in [0.1, 0.15) is 49.8 Å². The molecule has 0 aliphatic rings. The molecule has 1 aromatic heterocycles. The first-order chi connectivity index (χ1) is 14.7. The van der Waals surface area contributed by atoms with Crippen LogP contribution < -0.4 is 10.1 Å². The lowest BCUT2D eigenvalue weighted by molar-refractivity contribution is -0.100. The van der Waals surface area contributed by atoms with E-state index in [0.717, 1.165) is 27.8 Å². The van der Waals surface area contributed by atoms with E-state index in [1.54, 1.807) is 0 Å². The van der Waals surface area contributed by atoms with Gasteiger partial charge in [0.25, 0.3) is 0 Å². The van der Waals surface area contributed by atoms with Crippen molar-refractivity contribution in [3.05, 3.63) is 65.4 Å². The molecule has 3 rings (SSSR count). The van der Waals surface area contributed by atoms with E-state index in [1.165, 1.54) is 5.56 Å². The molecule has 0 aliphatic heterocycles. The third-order valence-corrected chi connectivity index (χ3v) is 7.05. The van der Waals surface area contributed by atoms with Gasteiger partial charge in [0, 0.05) is 12.2 Å². The van der Waals surface area contributed by atoms with Crippen LogP contribution >= 0.6 is 0 Å². The molecule has 0 saturated heterocycles. The number of H-pyrrole nitrogens is 1. The molecule has 0 fully saturated rings. The number of rotatable bonds is 9. The Kier molecular flexibility index (Phi) is 7.36. The van der Waals surface area contributed by atoms with Crippen molar-refractivity contribution < 1.29 is 14.6 Å². The SMILES string of the molecule is CCOC(O)c1[nH]nc([Si](C)(C)C)c1-c1ccc(OCc2ccc(C(C)C)cc2)cc1. The number of nitrogens with one attached hydrogen (secondary N) is 1. The summed E-state index contributed by atoms with van der Waals surface area (Å²) >= 11 is 0. The van der Waals surface area contributed by atoms with Gasteiger partial charge in [-0.3, -0.25) is 5.10 Å². The first-order valence-electron chi connectivity index (χ1n) is 10.9. The average molecular weight is 439 g/mol. The zero-order chi connectivity index (χ0) is 22.6. The number of hydrogen-bond acceptors (Lipinski definition) is 4. The Labute approximate surface area is 186 Å².